The Labute approximate surface area is 80.4 Å². The first-order valence-corrected chi connectivity index (χ1v) is 3.98. The van der Waals surface area contributed by atoms with Crippen molar-refractivity contribution in [2.24, 2.45) is 0 Å². The number of nitro groups is 1. The number of ether oxygens (including phenoxy) is 1. The summed E-state index contributed by atoms with van der Waals surface area (Å²) in [6.45, 7) is 0.941. The predicted molar refractivity (Wildman–Crippen MR) is 45.5 cm³/mol. The van der Waals surface area contributed by atoms with Crippen LogP contribution in [0.5, 0.6) is 0 Å². The van der Waals surface area contributed by atoms with Gasteiger partial charge in [-0.1, -0.05) is 6.92 Å². The van der Waals surface area contributed by atoms with E-state index in [1.54, 1.807) is 0 Å². The van der Waals surface area contributed by atoms with Crippen LogP contribution in [0.1, 0.15) is 13.3 Å². The van der Waals surface area contributed by atoms with Crippen LogP contribution >= 0.6 is 0 Å². The third-order valence-corrected chi connectivity index (χ3v) is 2.11. The van der Waals surface area contributed by atoms with E-state index in [9.17, 15) is 20.0 Å². The Bertz CT molecular complexity index is 214. The van der Waals surface area contributed by atoms with Gasteiger partial charge in [-0.15, -0.1) is 0 Å². The van der Waals surface area contributed by atoms with E-state index in [1.165, 1.54) is 14.0 Å². The summed E-state index contributed by atoms with van der Waals surface area (Å²) < 4.78 is 4.49. The predicted octanol–water partition coefficient (Wildman–Crippen LogP) is -0.496. The van der Waals surface area contributed by atoms with Crippen molar-refractivity contribution < 1.29 is 24.7 Å². The fourth-order valence-corrected chi connectivity index (χ4v) is 1.15. The number of hydrogen-bond acceptors (Lipinski definition) is 5. The second kappa shape index (κ2) is 4.87. The second-order valence-electron chi connectivity index (χ2n) is 2.81. The van der Waals surface area contributed by atoms with Crippen LogP contribution in [0.3, 0.4) is 0 Å². The van der Waals surface area contributed by atoms with E-state index in [0.717, 1.165) is 0 Å². The molecule has 0 aliphatic rings. The molecular formula is C7H13NO6. The summed E-state index contributed by atoms with van der Waals surface area (Å²) in [7, 11) is 1.23. The molecule has 0 fully saturated rings. The zero-order chi connectivity index (χ0) is 11.4. The van der Waals surface area contributed by atoms with Gasteiger partial charge in [-0.05, 0) is 0 Å². The molecule has 0 amide bonds. The first-order valence-electron chi connectivity index (χ1n) is 3.98. The van der Waals surface area contributed by atoms with Gasteiger partial charge in [-0.2, -0.15) is 0 Å². The standard InChI is InChI=1S/C7H13NO6/c1-3-7(6(10)11,8(12)13)5(9)4-14-2/h5,9H,3-4H2,1-2H3,(H,10,11). The monoisotopic (exact) mass is 207 g/mol. The molecule has 2 unspecified atom stereocenters. The molecule has 0 aromatic heterocycles. The van der Waals surface area contributed by atoms with Gasteiger partial charge in [0.1, 0.15) is 0 Å². The molecule has 2 atom stereocenters. The molecule has 7 nitrogen and oxygen atoms in total. The molecule has 0 bridgehead atoms. The lowest BCUT2D eigenvalue weighted by Crippen LogP contribution is -2.57. The summed E-state index contributed by atoms with van der Waals surface area (Å²) >= 11 is 0. The number of carboxylic acids is 1. The van der Waals surface area contributed by atoms with E-state index in [1.807, 2.05) is 0 Å². The average Bonchev–Trinajstić information content (AvgIpc) is 2.05. The highest BCUT2D eigenvalue weighted by molar-refractivity contribution is 5.77. The molecule has 0 aromatic carbocycles. The summed E-state index contributed by atoms with van der Waals surface area (Å²) in [5.41, 5.74) is -2.38. The second-order valence-corrected chi connectivity index (χ2v) is 2.81. The van der Waals surface area contributed by atoms with Crippen LogP contribution in [-0.2, 0) is 9.53 Å². The van der Waals surface area contributed by atoms with Gasteiger partial charge in [0.2, 0.25) is 0 Å². The van der Waals surface area contributed by atoms with Crippen molar-refractivity contribution in [1.29, 1.82) is 0 Å². The van der Waals surface area contributed by atoms with E-state index < -0.39 is 22.5 Å². The van der Waals surface area contributed by atoms with E-state index in [-0.39, 0.29) is 13.0 Å². The number of aliphatic carboxylic acids is 1. The molecule has 0 radical (unpaired) electrons. The highest BCUT2D eigenvalue weighted by atomic mass is 16.6. The maximum atomic E-state index is 10.8. The van der Waals surface area contributed by atoms with Gasteiger partial charge in [0, 0.05) is 18.5 Å². The van der Waals surface area contributed by atoms with Crippen molar-refractivity contribution in [1.82, 2.24) is 0 Å². The van der Waals surface area contributed by atoms with Crippen LogP contribution in [0.2, 0.25) is 0 Å². The van der Waals surface area contributed by atoms with Crippen LogP contribution in [0.15, 0.2) is 0 Å². The molecule has 0 rings (SSSR count). The lowest BCUT2D eigenvalue weighted by atomic mass is 9.90. The molecule has 0 heterocycles. The van der Waals surface area contributed by atoms with Gasteiger partial charge in [0.05, 0.1) is 6.61 Å². The number of rotatable bonds is 6. The van der Waals surface area contributed by atoms with Gasteiger partial charge < -0.3 is 14.9 Å². The van der Waals surface area contributed by atoms with Crippen molar-refractivity contribution in [3.05, 3.63) is 10.1 Å². The largest absolute Gasteiger partial charge is 0.476 e. The van der Waals surface area contributed by atoms with Gasteiger partial charge >= 0.3 is 11.5 Å². The van der Waals surface area contributed by atoms with Gasteiger partial charge in [0.25, 0.3) is 0 Å². The van der Waals surface area contributed by atoms with E-state index in [2.05, 4.69) is 4.74 Å². The molecule has 0 aromatic rings. The summed E-state index contributed by atoms with van der Waals surface area (Å²) in [5, 5.41) is 28.7. The zero-order valence-corrected chi connectivity index (χ0v) is 7.97. The third-order valence-electron chi connectivity index (χ3n) is 2.11. The van der Waals surface area contributed by atoms with Crippen LogP contribution < -0.4 is 0 Å². The van der Waals surface area contributed by atoms with Crippen LogP contribution in [0, 0.1) is 10.1 Å². The fourth-order valence-electron chi connectivity index (χ4n) is 1.15. The molecule has 14 heavy (non-hydrogen) atoms. The Hall–Kier alpha value is -1.21. The molecule has 2 N–H and O–H groups in total. The van der Waals surface area contributed by atoms with Crippen molar-refractivity contribution in [2.75, 3.05) is 13.7 Å². The summed E-state index contributed by atoms with van der Waals surface area (Å²) in [6, 6.07) is 0. The minimum Gasteiger partial charge on any atom is -0.476 e. The lowest BCUT2D eigenvalue weighted by Gasteiger charge is -2.23. The maximum absolute atomic E-state index is 10.8. The normalized spacial score (nSPS) is 17.1. The molecule has 0 saturated carbocycles. The Kier molecular flexibility index (Phi) is 4.45. The quantitative estimate of drug-likeness (QED) is 0.449. The van der Waals surface area contributed by atoms with Crippen LogP contribution in [-0.4, -0.2) is 46.5 Å². The third kappa shape index (κ3) is 1.99. The molecular weight excluding hydrogens is 194 g/mol. The molecule has 7 heteroatoms. The number of aliphatic hydroxyl groups excluding tert-OH is 1. The Balaban J connectivity index is 5.03. The minimum atomic E-state index is -2.38. The zero-order valence-electron chi connectivity index (χ0n) is 7.97. The van der Waals surface area contributed by atoms with Crippen molar-refractivity contribution >= 4 is 5.97 Å². The van der Waals surface area contributed by atoms with Crippen LogP contribution in [0.25, 0.3) is 0 Å². The summed E-state index contributed by atoms with van der Waals surface area (Å²) in [6.07, 6.45) is -1.97. The number of hydrogen-bond donors (Lipinski definition) is 2. The van der Waals surface area contributed by atoms with Gasteiger partial charge in [-0.25, -0.2) is 4.79 Å². The highest BCUT2D eigenvalue weighted by Crippen LogP contribution is 2.20. The van der Waals surface area contributed by atoms with E-state index >= 15 is 0 Å². The number of aliphatic hydroxyl groups is 1. The van der Waals surface area contributed by atoms with Gasteiger partial charge in [-0.3, -0.25) is 10.1 Å². The first kappa shape index (κ1) is 12.8. The topological polar surface area (TPSA) is 110 Å². The van der Waals surface area contributed by atoms with Crippen molar-refractivity contribution in [2.45, 2.75) is 25.0 Å². The number of carbonyl (C=O) groups is 1. The fraction of sp³-hybridized carbons (Fsp3) is 0.857. The Morgan fingerprint density at radius 1 is 1.71 bits per heavy atom. The average molecular weight is 207 g/mol. The van der Waals surface area contributed by atoms with E-state index in [4.69, 9.17) is 5.11 Å². The maximum Gasteiger partial charge on any atom is 0.385 e. The SMILES string of the molecule is CCC(C(=O)O)(C(O)COC)[N+](=O)[O-]. The highest BCUT2D eigenvalue weighted by Gasteiger charge is 2.56. The van der Waals surface area contributed by atoms with Gasteiger partial charge in [0.15, 0.2) is 6.10 Å². The van der Waals surface area contributed by atoms with E-state index in [0.29, 0.717) is 0 Å². The smallest absolute Gasteiger partial charge is 0.385 e. The summed E-state index contributed by atoms with van der Waals surface area (Å²) in [5.74, 6) is -1.66. The number of methoxy groups -OCH3 is 1. The Morgan fingerprint density at radius 3 is 2.43 bits per heavy atom. The molecule has 0 saturated heterocycles. The molecule has 0 aliphatic carbocycles. The molecule has 0 aliphatic heterocycles. The lowest BCUT2D eigenvalue weighted by molar-refractivity contribution is -0.569. The number of nitrogens with zero attached hydrogens (tertiary/aromatic N) is 1. The van der Waals surface area contributed by atoms with Crippen molar-refractivity contribution in [3.63, 3.8) is 0 Å². The first-order chi connectivity index (χ1) is 6.43. The number of carboxylic acid groups (broad SMARTS) is 1. The summed E-state index contributed by atoms with van der Waals surface area (Å²) in [4.78, 5) is 20.4. The Morgan fingerprint density at radius 2 is 2.21 bits per heavy atom. The van der Waals surface area contributed by atoms with Crippen LogP contribution in [0.4, 0.5) is 0 Å². The molecule has 82 valence electrons. The van der Waals surface area contributed by atoms with Crippen molar-refractivity contribution in [3.8, 4) is 0 Å². The molecule has 0 spiro atoms. The minimum absolute atomic E-state index is 0.306.